The van der Waals surface area contributed by atoms with Gasteiger partial charge in [-0.3, -0.25) is 4.21 Å². The SMILES string of the molecule is CC(C)c1noc(N(C)[C@@H](C)C[S@@](C)=O)n1. The summed E-state index contributed by atoms with van der Waals surface area (Å²) in [6.07, 6.45) is 1.69. The van der Waals surface area contributed by atoms with Crippen LogP contribution in [0.15, 0.2) is 4.52 Å². The van der Waals surface area contributed by atoms with Crippen LogP contribution < -0.4 is 4.90 Å². The van der Waals surface area contributed by atoms with Crippen LogP contribution >= 0.6 is 0 Å². The van der Waals surface area contributed by atoms with Crippen molar-refractivity contribution in [3.8, 4) is 0 Å². The quantitative estimate of drug-likeness (QED) is 0.784. The molecular weight excluding hydrogens is 226 g/mol. The van der Waals surface area contributed by atoms with E-state index in [1.165, 1.54) is 0 Å². The van der Waals surface area contributed by atoms with Gasteiger partial charge in [0.2, 0.25) is 0 Å². The first-order valence-electron chi connectivity index (χ1n) is 5.28. The molecule has 0 fully saturated rings. The highest BCUT2D eigenvalue weighted by Crippen LogP contribution is 2.17. The van der Waals surface area contributed by atoms with E-state index in [1.54, 1.807) is 6.26 Å². The Bertz CT molecular complexity index is 365. The number of aromatic nitrogens is 2. The molecule has 1 rings (SSSR count). The van der Waals surface area contributed by atoms with Gasteiger partial charge in [0.1, 0.15) is 0 Å². The molecule has 16 heavy (non-hydrogen) atoms. The minimum Gasteiger partial charge on any atom is -0.324 e. The standard InChI is InChI=1S/C10H19N3O2S/c1-7(2)9-11-10(15-12-9)13(4)8(3)6-16(5)14/h7-8H,6H2,1-5H3/t8-,16+/m0/s1. The maximum Gasteiger partial charge on any atom is 0.324 e. The van der Waals surface area contributed by atoms with Crippen molar-refractivity contribution in [1.29, 1.82) is 0 Å². The molecule has 0 amide bonds. The number of hydrogen-bond donors (Lipinski definition) is 0. The predicted molar refractivity (Wildman–Crippen MR) is 65.2 cm³/mol. The van der Waals surface area contributed by atoms with Gasteiger partial charge in [-0.1, -0.05) is 19.0 Å². The van der Waals surface area contributed by atoms with Crippen LogP contribution in [0.1, 0.15) is 32.5 Å². The Hall–Kier alpha value is -0.910. The predicted octanol–water partition coefficient (Wildman–Crippen LogP) is 1.40. The molecule has 0 spiro atoms. The first-order valence-corrected chi connectivity index (χ1v) is 7.01. The van der Waals surface area contributed by atoms with Crippen molar-refractivity contribution in [2.45, 2.75) is 32.7 Å². The Kier molecular flexibility index (Phi) is 4.46. The van der Waals surface area contributed by atoms with Crippen LogP contribution in [0.3, 0.4) is 0 Å². The first-order chi connectivity index (χ1) is 7.41. The fourth-order valence-electron chi connectivity index (χ4n) is 1.24. The Morgan fingerprint density at radius 3 is 2.50 bits per heavy atom. The molecule has 1 aromatic heterocycles. The van der Waals surface area contributed by atoms with E-state index in [4.69, 9.17) is 4.52 Å². The number of rotatable bonds is 5. The second kappa shape index (κ2) is 5.43. The maximum absolute atomic E-state index is 11.1. The molecule has 0 aliphatic carbocycles. The van der Waals surface area contributed by atoms with Gasteiger partial charge >= 0.3 is 6.01 Å². The van der Waals surface area contributed by atoms with Gasteiger partial charge < -0.3 is 9.42 Å². The Morgan fingerprint density at radius 2 is 2.06 bits per heavy atom. The molecule has 0 aromatic carbocycles. The number of hydrogen-bond acceptors (Lipinski definition) is 5. The van der Waals surface area contributed by atoms with Crippen molar-refractivity contribution < 1.29 is 8.73 Å². The average Bonchev–Trinajstić information content (AvgIpc) is 2.64. The zero-order valence-electron chi connectivity index (χ0n) is 10.4. The van der Waals surface area contributed by atoms with Gasteiger partial charge in [0, 0.05) is 41.8 Å². The Labute approximate surface area is 98.7 Å². The summed E-state index contributed by atoms with van der Waals surface area (Å²) in [5.41, 5.74) is 0. The summed E-state index contributed by atoms with van der Waals surface area (Å²) in [6.45, 7) is 6.01. The molecule has 0 unspecified atom stereocenters. The van der Waals surface area contributed by atoms with Crippen molar-refractivity contribution in [1.82, 2.24) is 10.1 Å². The minimum absolute atomic E-state index is 0.117. The van der Waals surface area contributed by atoms with Gasteiger partial charge in [0.15, 0.2) is 5.82 Å². The van der Waals surface area contributed by atoms with E-state index in [-0.39, 0.29) is 12.0 Å². The minimum atomic E-state index is -0.824. The molecule has 0 saturated heterocycles. The molecule has 0 saturated carbocycles. The van der Waals surface area contributed by atoms with E-state index in [2.05, 4.69) is 10.1 Å². The third kappa shape index (κ3) is 3.30. The molecule has 0 aliphatic rings. The zero-order chi connectivity index (χ0) is 12.3. The third-order valence-electron chi connectivity index (χ3n) is 2.39. The van der Waals surface area contributed by atoms with Crippen LogP contribution in [0.2, 0.25) is 0 Å². The van der Waals surface area contributed by atoms with Gasteiger partial charge in [-0.05, 0) is 6.92 Å². The summed E-state index contributed by atoms with van der Waals surface area (Å²) in [6, 6.07) is 0.605. The summed E-state index contributed by atoms with van der Waals surface area (Å²) in [7, 11) is 1.05. The second-order valence-corrected chi connectivity index (χ2v) is 5.77. The summed E-state index contributed by atoms with van der Waals surface area (Å²) in [5.74, 6) is 1.55. The van der Waals surface area contributed by atoms with E-state index in [9.17, 15) is 4.21 Å². The van der Waals surface area contributed by atoms with Gasteiger partial charge in [0.25, 0.3) is 0 Å². The van der Waals surface area contributed by atoms with E-state index in [0.717, 1.165) is 0 Å². The highest BCUT2D eigenvalue weighted by molar-refractivity contribution is 7.84. The smallest absolute Gasteiger partial charge is 0.324 e. The average molecular weight is 245 g/mol. The molecule has 0 radical (unpaired) electrons. The van der Waals surface area contributed by atoms with Crippen molar-refractivity contribution in [3.05, 3.63) is 5.82 Å². The zero-order valence-corrected chi connectivity index (χ0v) is 11.2. The molecule has 0 bridgehead atoms. The van der Waals surface area contributed by atoms with Crippen molar-refractivity contribution >= 4 is 16.8 Å². The summed E-state index contributed by atoms with van der Waals surface area (Å²) >= 11 is 0. The number of anilines is 1. The van der Waals surface area contributed by atoms with Gasteiger partial charge in [-0.2, -0.15) is 4.98 Å². The lowest BCUT2D eigenvalue weighted by atomic mass is 10.2. The van der Waals surface area contributed by atoms with Crippen LogP contribution in [0.25, 0.3) is 0 Å². The number of nitrogens with zero attached hydrogens (tertiary/aromatic N) is 3. The van der Waals surface area contributed by atoms with Gasteiger partial charge in [-0.15, -0.1) is 0 Å². The molecular formula is C10H19N3O2S. The molecule has 6 heteroatoms. The second-order valence-electron chi connectivity index (χ2n) is 4.29. The maximum atomic E-state index is 11.1. The van der Waals surface area contributed by atoms with Crippen molar-refractivity contribution in [2.24, 2.45) is 0 Å². The van der Waals surface area contributed by atoms with Crippen molar-refractivity contribution in [3.63, 3.8) is 0 Å². The van der Waals surface area contributed by atoms with Crippen molar-refractivity contribution in [2.75, 3.05) is 24.0 Å². The highest BCUT2D eigenvalue weighted by atomic mass is 32.2. The normalized spacial score (nSPS) is 15.1. The topological polar surface area (TPSA) is 59.2 Å². The summed E-state index contributed by atoms with van der Waals surface area (Å²) < 4.78 is 16.3. The largest absolute Gasteiger partial charge is 0.324 e. The van der Waals surface area contributed by atoms with Crippen LogP contribution in [0, 0.1) is 0 Å². The lowest BCUT2D eigenvalue weighted by Gasteiger charge is -2.21. The van der Waals surface area contributed by atoms with Crippen LogP contribution in [-0.4, -0.2) is 39.4 Å². The van der Waals surface area contributed by atoms with E-state index in [0.29, 0.717) is 17.6 Å². The Morgan fingerprint density at radius 1 is 1.44 bits per heavy atom. The van der Waals surface area contributed by atoms with Crippen LogP contribution in [0.5, 0.6) is 0 Å². The molecule has 0 N–H and O–H groups in total. The summed E-state index contributed by atoms with van der Waals surface area (Å²) in [5, 5.41) is 3.89. The fraction of sp³-hybridized carbons (Fsp3) is 0.800. The summed E-state index contributed by atoms with van der Waals surface area (Å²) in [4.78, 5) is 6.15. The lowest BCUT2D eigenvalue weighted by Crippen LogP contribution is -2.33. The highest BCUT2D eigenvalue weighted by Gasteiger charge is 2.18. The molecule has 1 aromatic rings. The Balaban J connectivity index is 2.71. The van der Waals surface area contributed by atoms with Crippen LogP contribution in [-0.2, 0) is 10.8 Å². The monoisotopic (exact) mass is 245 g/mol. The van der Waals surface area contributed by atoms with E-state index in [1.807, 2.05) is 32.7 Å². The van der Waals surface area contributed by atoms with E-state index < -0.39 is 10.8 Å². The first kappa shape index (κ1) is 13.2. The molecule has 1 heterocycles. The lowest BCUT2D eigenvalue weighted by molar-refractivity contribution is 0.403. The van der Waals surface area contributed by atoms with Gasteiger partial charge in [-0.25, -0.2) is 0 Å². The molecule has 2 atom stereocenters. The molecule has 92 valence electrons. The van der Waals surface area contributed by atoms with Gasteiger partial charge in [0.05, 0.1) is 0 Å². The van der Waals surface area contributed by atoms with E-state index >= 15 is 0 Å². The molecule has 0 aliphatic heterocycles. The third-order valence-corrected chi connectivity index (χ3v) is 3.34. The molecule has 5 nitrogen and oxygen atoms in total. The van der Waals surface area contributed by atoms with Crippen LogP contribution in [0.4, 0.5) is 6.01 Å². The fourth-order valence-corrected chi connectivity index (χ4v) is 2.15.